The molecule has 1 heterocycles. The molecule has 100 valence electrons. The summed E-state index contributed by atoms with van der Waals surface area (Å²) in [6.45, 7) is 4.06. The third kappa shape index (κ3) is 3.39. The Hall–Kier alpha value is -1.26. The van der Waals surface area contributed by atoms with Gasteiger partial charge in [-0.25, -0.2) is 0 Å². The van der Waals surface area contributed by atoms with E-state index in [1.54, 1.807) is 24.3 Å². The molecule has 0 radical (unpaired) electrons. The van der Waals surface area contributed by atoms with Crippen molar-refractivity contribution in [2.24, 2.45) is 0 Å². The van der Waals surface area contributed by atoms with Crippen LogP contribution in [0.25, 0.3) is 0 Å². The fourth-order valence-corrected chi connectivity index (χ4v) is 2.44. The van der Waals surface area contributed by atoms with E-state index < -0.39 is 0 Å². The smallest absolute Gasteiger partial charge is 0.272 e. The third-order valence-corrected chi connectivity index (χ3v) is 3.36. The van der Waals surface area contributed by atoms with Crippen molar-refractivity contribution in [2.45, 2.75) is 19.9 Å². The van der Waals surface area contributed by atoms with Gasteiger partial charge in [-0.05, 0) is 54.0 Å². The molecule has 19 heavy (non-hydrogen) atoms. The average molecular weight is 342 g/mol. The number of halogens is 2. The van der Waals surface area contributed by atoms with Crippen LogP contribution >= 0.6 is 27.5 Å². The maximum absolute atomic E-state index is 12.3. The van der Waals surface area contributed by atoms with Crippen LogP contribution in [0.15, 0.2) is 41.0 Å². The zero-order valence-corrected chi connectivity index (χ0v) is 13.0. The van der Waals surface area contributed by atoms with Crippen LogP contribution in [0.3, 0.4) is 0 Å². The highest BCUT2D eigenvalue weighted by atomic mass is 79.9. The molecule has 0 saturated heterocycles. The summed E-state index contributed by atoms with van der Waals surface area (Å²) >= 11 is 9.29. The van der Waals surface area contributed by atoms with Gasteiger partial charge in [0.05, 0.1) is 0 Å². The van der Waals surface area contributed by atoms with Crippen LogP contribution in [0.4, 0.5) is 5.69 Å². The Balaban J connectivity index is 2.25. The summed E-state index contributed by atoms with van der Waals surface area (Å²) in [7, 11) is 0. The van der Waals surface area contributed by atoms with Crippen molar-refractivity contribution >= 4 is 39.1 Å². The van der Waals surface area contributed by atoms with Crippen LogP contribution in [-0.2, 0) is 0 Å². The molecule has 0 fully saturated rings. The van der Waals surface area contributed by atoms with Gasteiger partial charge in [-0.1, -0.05) is 17.7 Å². The molecule has 2 rings (SSSR count). The van der Waals surface area contributed by atoms with E-state index in [0.29, 0.717) is 16.4 Å². The number of nitrogens with one attached hydrogen (secondary N) is 1. The molecule has 0 aliphatic carbocycles. The van der Waals surface area contributed by atoms with Gasteiger partial charge in [-0.2, -0.15) is 0 Å². The van der Waals surface area contributed by atoms with Crippen molar-refractivity contribution in [3.8, 4) is 0 Å². The van der Waals surface area contributed by atoms with Crippen LogP contribution in [0, 0.1) is 0 Å². The number of benzene rings is 1. The molecule has 5 heteroatoms. The highest BCUT2D eigenvalue weighted by molar-refractivity contribution is 9.10. The second-order valence-corrected chi connectivity index (χ2v) is 5.86. The molecule has 0 saturated carbocycles. The van der Waals surface area contributed by atoms with Gasteiger partial charge in [0.1, 0.15) is 5.69 Å². The van der Waals surface area contributed by atoms with Crippen LogP contribution in [-0.4, -0.2) is 10.5 Å². The number of carbonyl (C=O) groups excluding carboxylic acids is 1. The van der Waals surface area contributed by atoms with Gasteiger partial charge in [-0.3, -0.25) is 4.79 Å². The molecular formula is C14H14BrClN2O. The lowest BCUT2D eigenvalue weighted by Gasteiger charge is -2.12. The van der Waals surface area contributed by atoms with E-state index in [9.17, 15) is 4.79 Å². The van der Waals surface area contributed by atoms with Crippen LogP contribution in [0.2, 0.25) is 5.02 Å². The second-order valence-electron chi connectivity index (χ2n) is 4.51. The number of hydrogen-bond donors (Lipinski definition) is 1. The van der Waals surface area contributed by atoms with Gasteiger partial charge >= 0.3 is 0 Å². The van der Waals surface area contributed by atoms with Gasteiger partial charge in [0, 0.05) is 27.4 Å². The topological polar surface area (TPSA) is 34.0 Å². The molecule has 1 aromatic heterocycles. The molecule has 1 N–H and O–H groups in total. The normalized spacial score (nSPS) is 10.8. The van der Waals surface area contributed by atoms with E-state index in [4.69, 9.17) is 11.6 Å². The minimum absolute atomic E-state index is 0.151. The number of aromatic nitrogens is 1. The summed E-state index contributed by atoms with van der Waals surface area (Å²) in [6.07, 6.45) is 1.90. The predicted octanol–water partition coefficient (Wildman–Crippen LogP) is 4.74. The fourth-order valence-electron chi connectivity index (χ4n) is 1.82. The maximum Gasteiger partial charge on any atom is 0.272 e. The maximum atomic E-state index is 12.3. The van der Waals surface area contributed by atoms with E-state index in [0.717, 1.165) is 4.47 Å². The largest absolute Gasteiger partial charge is 0.340 e. The van der Waals surface area contributed by atoms with Gasteiger partial charge in [0.25, 0.3) is 5.91 Å². The van der Waals surface area contributed by atoms with Crippen molar-refractivity contribution in [1.82, 2.24) is 4.57 Å². The number of hydrogen-bond acceptors (Lipinski definition) is 1. The van der Waals surface area contributed by atoms with Crippen LogP contribution in [0.5, 0.6) is 0 Å². The molecule has 0 spiro atoms. The molecule has 0 aliphatic rings. The zero-order chi connectivity index (χ0) is 14.0. The molecule has 1 aromatic carbocycles. The minimum Gasteiger partial charge on any atom is -0.340 e. The number of carbonyl (C=O) groups is 1. The summed E-state index contributed by atoms with van der Waals surface area (Å²) < 4.78 is 2.81. The van der Waals surface area contributed by atoms with Crippen molar-refractivity contribution in [3.05, 3.63) is 51.7 Å². The van der Waals surface area contributed by atoms with Gasteiger partial charge in [-0.15, -0.1) is 0 Å². The van der Waals surface area contributed by atoms with E-state index in [1.165, 1.54) is 0 Å². The number of amides is 1. The van der Waals surface area contributed by atoms with Crippen molar-refractivity contribution < 1.29 is 4.79 Å². The zero-order valence-electron chi connectivity index (χ0n) is 10.7. The van der Waals surface area contributed by atoms with Gasteiger partial charge in [0.15, 0.2) is 0 Å². The first-order valence-corrected chi connectivity index (χ1v) is 7.09. The summed E-state index contributed by atoms with van der Waals surface area (Å²) in [4.78, 5) is 12.3. The summed E-state index contributed by atoms with van der Waals surface area (Å²) in [6, 6.07) is 9.12. The first-order valence-electron chi connectivity index (χ1n) is 5.91. The monoisotopic (exact) mass is 340 g/mol. The highest BCUT2D eigenvalue weighted by Crippen LogP contribution is 2.21. The lowest BCUT2D eigenvalue weighted by Crippen LogP contribution is -2.17. The van der Waals surface area contributed by atoms with Crippen LogP contribution < -0.4 is 5.32 Å². The Kier molecular flexibility index (Phi) is 4.32. The molecule has 1 amide bonds. The number of anilines is 1. The summed E-state index contributed by atoms with van der Waals surface area (Å²) in [5.74, 6) is -0.151. The van der Waals surface area contributed by atoms with E-state index in [1.807, 2.05) is 30.7 Å². The standard InChI is InChI=1S/C14H14BrClN2O/c1-9(2)18-8-10(15)6-13(18)14(19)17-12-5-3-4-11(16)7-12/h3-9H,1-2H3,(H,17,19). The van der Waals surface area contributed by atoms with Crippen LogP contribution in [0.1, 0.15) is 30.4 Å². The lowest BCUT2D eigenvalue weighted by atomic mass is 10.3. The average Bonchev–Trinajstić information content (AvgIpc) is 2.71. The number of nitrogens with zero attached hydrogens (tertiary/aromatic N) is 1. The van der Waals surface area contributed by atoms with E-state index in [-0.39, 0.29) is 11.9 Å². The number of rotatable bonds is 3. The molecule has 0 unspecified atom stereocenters. The predicted molar refractivity (Wildman–Crippen MR) is 81.9 cm³/mol. The SMILES string of the molecule is CC(C)n1cc(Br)cc1C(=O)Nc1cccc(Cl)c1. The molecule has 0 atom stereocenters. The van der Waals surface area contributed by atoms with Gasteiger partial charge < -0.3 is 9.88 Å². The van der Waals surface area contributed by atoms with Crippen molar-refractivity contribution in [2.75, 3.05) is 5.32 Å². The van der Waals surface area contributed by atoms with Crippen molar-refractivity contribution in [1.29, 1.82) is 0 Å². The molecule has 2 aromatic rings. The Bertz CT molecular complexity index is 607. The van der Waals surface area contributed by atoms with E-state index >= 15 is 0 Å². The quantitative estimate of drug-likeness (QED) is 0.860. The Morgan fingerprint density at radius 1 is 1.37 bits per heavy atom. The Labute approximate surface area is 125 Å². The molecule has 0 bridgehead atoms. The summed E-state index contributed by atoms with van der Waals surface area (Å²) in [5, 5.41) is 3.44. The summed E-state index contributed by atoms with van der Waals surface area (Å²) in [5.41, 5.74) is 1.30. The van der Waals surface area contributed by atoms with Crippen molar-refractivity contribution in [3.63, 3.8) is 0 Å². The molecule has 3 nitrogen and oxygen atoms in total. The second kappa shape index (κ2) is 5.80. The molecular weight excluding hydrogens is 328 g/mol. The third-order valence-electron chi connectivity index (χ3n) is 2.69. The first kappa shape index (κ1) is 14.2. The minimum atomic E-state index is -0.151. The van der Waals surface area contributed by atoms with E-state index in [2.05, 4.69) is 21.2 Å². The lowest BCUT2D eigenvalue weighted by molar-refractivity contribution is 0.101. The molecule has 0 aliphatic heterocycles. The fraction of sp³-hybridized carbons (Fsp3) is 0.214. The highest BCUT2D eigenvalue weighted by Gasteiger charge is 2.15. The van der Waals surface area contributed by atoms with Gasteiger partial charge in [0.2, 0.25) is 0 Å². The Morgan fingerprint density at radius 2 is 2.11 bits per heavy atom. The first-order chi connectivity index (χ1) is 8.97. The Morgan fingerprint density at radius 3 is 2.74 bits per heavy atom.